The highest BCUT2D eigenvalue weighted by Crippen LogP contribution is 2.31. The Balaban J connectivity index is 5.04. The molecule has 0 aromatic heterocycles. The van der Waals surface area contributed by atoms with Crippen LogP contribution in [0.5, 0.6) is 0 Å². The summed E-state index contributed by atoms with van der Waals surface area (Å²) in [6.45, 7) is 0.439. The van der Waals surface area contributed by atoms with E-state index < -0.39 is 24.7 Å². The second kappa shape index (κ2) is 4.28. The van der Waals surface area contributed by atoms with Crippen molar-refractivity contribution in [3.05, 3.63) is 0 Å². The van der Waals surface area contributed by atoms with E-state index in [-0.39, 0.29) is 0 Å². The van der Waals surface area contributed by atoms with Gasteiger partial charge >= 0.3 is 18.1 Å². The minimum Gasteiger partial charge on any atom is -0.349 e. The lowest BCUT2D eigenvalue weighted by atomic mass is 10.2. The van der Waals surface area contributed by atoms with E-state index in [2.05, 4.69) is 4.74 Å². The second-order valence-corrected chi connectivity index (χ2v) is 2.32. The summed E-state index contributed by atoms with van der Waals surface area (Å²) >= 11 is 0. The maximum atomic E-state index is 12.0. The van der Waals surface area contributed by atoms with Gasteiger partial charge in [-0.25, -0.2) is 0 Å². The maximum absolute atomic E-state index is 12.0. The average molecular weight is 236 g/mol. The van der Waals surface area contributed by atoms with Crippen LogP contribution in [-0.4, -0.2) is 29.9 Å². The molecule has 0 saturated carbocycles. The first kappa shape index (κ1) is 14.1. The van der Waals surface area contributed by atoms with Crippen molar-refractivity contribution in [3.8, 4) is 11.8 Å². The molecule has 1 unspecified atom stereocenters. The van der Waals surface area contributed by atoms with Gasteiger partial charge in [-0.2, -0.15) is 26.3 Å². The highest BCUT2D eigenvalue weighted by molar-refractivity contribution is 5.16. The molecule has 0 radical (unpaired) electrons. The molecule has 1 atom stereocenters. The zero-order valence-electron chi connectivity index (χ0n) is 7.33. The predicted octanol–water partition coefficient (Wildman–Crippen LogP) is 1.84. The SMILES string of the molecule is CCOC(O)(C#CC(F)(F)F)C(F)(F)F. The zero-order chi connectivity index (χ0) is 12.3. The van der Waals surface area contributed by atoms with Crippen molar-refractivity contribution in [2.24, 2.45) is 0 Å². The molecule has 2 nitrogen and oxygen atoms in total. The first-order valence-corrected chi connectivity index (χ1v) is 3.56. The minimum atomic E-state index is -5.42. The normalized spacial score (nSPS) is 16.5. The molecule has 1 N–H and O–H groups in total. The molecule has 0 heterocycles. The van der Waals surface area contributed by atoms with Crippen LogP contribution in [0.1, 0.15) is 6.92 Å². The van der Waals surface area contributed by atoms with Crippen LogP contribution in [0.25, 0.3) is 0 Å². The van der Waals surface area contributed by atoms with Crippen molar-refractivity contribution in [3.63, 3.8) is 0 Å². The summed E-state index contributed by atoms with van der Waals surface area (Å²) < 4.78 is 74.3. The molecule has 0 aromatic rings. The van der Waals surface area contributed by atoms with Gasteiger partial charge in [0.15, 0.2) is 0 Å². The molecular weight excluding hydrogens is 230 g/mol. The van der Waals surface area contributed by atoms with Gasteiger partial charge in [-0.05, 0) is 12.8 Å². The molecule has 0 bridgehead atoms. The largest absolute Gasteiger partial charge is 0.457 e. The number of aliphatic hydroxyl groups is 1. The number of hydrogen-bond acceptors (Lipinski definition) is 2. The van der Waals surface area contributed by atoms with E-state index in [1.54, 1.807) is 0 Å². The summed E-state index contributed by atoms with van der Waals surface area (Å²) in [5.41, 5.74) is 0. The van der Waals surface area contributed by atoms with Gasteiger partial charge in [-0.1, -0.05) is 0 Å². The fourth-order valence-corrected chi connectivity index (χ4v) is 0.553. The van der Waals surface area contributed by atoms with Crippen molar-refractivity contribution in [2.75, 3.05) is 6.61 Å². The maximum Gasteiger partial charge on any atom is 0.457 e. The first-order valence-electron chi connectivity index (χ1n) is 3.56. The highest BCUT2D eigenvalue weighted by Gasteiger charge is 2.55. The van der Waals surface area contributed by atoms with Crippen LogP contribution in [0, 0.1) is 11.8 Å². The molecule has 0 spiro atoms. The Morgan fingerprint density at radius 3 is 1.80 bits per heavy atom. The van der Waals surface area contributed by atoms with Crippen LogP contribution in [-0.2, 0) is 4.74 Å². The number of hydrogen-bond donors (Lipinski definition) is 1. The van der Waals surface area contributed by atoms with Crippen molar-refractivity contribution >= 4 is 0 Å². The molecular formula is C7H6F6O2. The Morgan fingerprint density at radius 1 is 1.07 bits per heavy atom. The highest BCUT2D eigenvalue weighted by atomic mass is 19.4. The van der Waals surface area contributed by atoms with Crippen LogP contribution >= 0.6 is 0 Å². The van der Waals surface area contributed by atoms with E-state index in [0.717, 1.165) is 6.92 Å². The van der Waals surface area contributed by atoms with E-state index in [1.165, 1.54) is 0 Å². The van der Waals surface area contributed by atoms with E-state index in [0.29, 0.717) is 11.8 Å². The van der Waals surface area contributed by atoms with Crippen molar-refractivity contribution < 1.29 is 36.2 Å². The van der Waals surface area contributed by atoms with Gasteiger partial charge in [0, 0.05) is 12.5 Å². The van der Waals surface area contributed by atoms with Crippen LogP contribution in [0.2, 0.25) is 0 Å². The minimum absolute atomic E-state index is 0.309. The Bertz CT molecular complexity index is 270. The summed E-state index contributed by atoms with van der Waals surface area (Å²) in [7, 11) is 0. The molecule has 0 aliphatic rings. The molecule has 0 aromatic carbocycles. The van der Waals surface area contributed by atoms with Crippen LogP contribution in [0.15, 0.2) is 0 Å². The quantitative estimate of drug-likeness (QED) is 0.450. The van der Waals surface area contributed by atoms with Crippen LogP contribution in [0.3, 0.4) is 0 Å². The summed E-state index contributed by atoms with van der Waals surface area (Å²) in [5.74, 6) is -3.17. The number of rotatable bonds is 2. The number of halogens is 6. The summed E-state index contributed by atoms with van der Waals surface area (Å²) in [6, 6.07) is 0. The van der Waals surface area contributed by atoms with E-state index in [4.69, 9.17) is 5.11 Å². The lowest BCUT2D eigenvalue weighted by Crippen LogP contribution is -2.46. The molecule has 8 heteroatoms. The van der Waals surface area contributed by atoms with Crippen molar-refractivity contribution in [1.29, 1.82) is 0 Å². The molecule has 0 rings (SSSR count). The monoisotopic (exact) mass is 236 g/mol. The third-order valence-corrected chi connectivity index (χ3v) is 1.11. The van der Waals surface area contributed by atoms with Crippen LogP contribution in [0.4, 0.5) is 26.3 Å². The predicted molar refractivity (Wildman–Crippen MR) is 36.5 cm³/mol. The smallest absolute Gasteiger partial charge is 0.349 e. The van der Waals surface area contributed by atoms with Gasteiger partial charge in [0.05, 0.1) is 0 Å². The van der Waals surface area contributed by atoms with Gasteiger partial charge in [0.25, 0.3) is 0 Å². The second-order valence-electron chi connectivity index (χ2n) is 2.32. The van der Waals surface area contributed by atoms with E-state index in [9.17, 15) is 26.3 Å². The van der Waals surface area contributed by atoms with Gasteiger partial charge in [0.2, 0.25) is 0 Å². The summed E-state index contributed by atoms with van der Waals surface area (Å²) in [4.78, 5) is 0. The van der Waals surface area contributed by atoms with Gasteiger partial charge < -0.3 is 9.84 Å². The standard InChI is InChI=1S/C7H6F6O2/c1-2-15-5(14,7(11,12)13)3-4-6(8,9)10/h14H,2H2,1H3. The molecule has 0 amide bonds. The van der Waals surface area contributed by atoms with Gasteiger partial charge in [-0.15, -0.1) is 0 Å². The lowest BCUT2D eigenvalue weighted by Gasteiger charge is -2.24. The average Bonchev–Trinajstić information content (AvgIpc) is 1.98. The number of alkyl halides is 6. The Hall–Kier alpha value is -0.940. The van der Waals surface area contributed by atoms with Crippen LogP contribution < -0.4 is 0 Å². The van der Waals surface area contributed by atoms with Gasteiger partial charge in [-0.3, -0.25) is 0 Å². The Morgan fingerprint density at radius 2 is 1.53 bits per heavy atom. The van der Waals surface area contributed by atoms with Gasteiger partial charge in [0.1, 0.15) is 0 Å². The molecule has 0 fully saturated rings. The summed E-state index contributed by atoms with van der Waals surface area (Å²) in [6.07, 6.45) is -10.5. The molecule has 88 valence electrons. The fraction of sp³-hybridized carbons (Fsp3) is 0.714. The number of ether oxygens (including phenoxy) is 1. The molecule has 0 aliphatic heterocycles. The van der Waals surface area contributed by atoms with Crippen molar-refractivity contribution in [1.82, 2.24) is 0 Å². The van der Waals surface area contributed by atoms with E-state index >= 15 is 0 Å². The molecule has 0 saturated heterocycles. The zero-order valence-corrected chi connectivity index (χ0v) is 7.33. The lowest BCUT2D eigenvalue weighted by molar-refractivity contribution is -0.334. The molecule has 0 aliphatic carbocycles. The fourth-order valence-electron chi connectivity index (χ4n) is 0.553. The topological polar surface area (TPSA) is 29.5 Å². The Kier molecular flexibility index (Phi) is 4.01. The Labute approximate surface area is 80.8 Å². The third kappa shape index (κ3) is 4.40. The summed E-state index contributed by atoms with van der Waals surface area (Å²) in [5, 5.41) is 8.69. The molecule has 15 heavy (non-hydrogen) atoms. The van der Waals surface area contributed by atoms with Crippen molar-refractivity contribution in [2.45, 2.75) is 25.1 Å². The first-order chi connectivity index (χ1) is 6.52. The third-order valence-electron chi connectivity index (χ3n) is 1.11. The van der Waals surface area contributed by atoms with E-state index in [1.807, 2.05) is 0 Å².